The summed E-state index contributed by atoms with van der Waals surface area (Å²) in [6, 6.07) is 4.07. The number of β-lactam (4-membered cyclic amide) rings is 1. The number of hydrogen-bond acceptors (Lipinski definition) is 9. The van der Waals surface area contributed by atoms with Gasteiger partial charge in [-0.25, -0.2) is 9.78 Å². The van der Waals surface area contributed by atoms with E-state index in [9.17, 15) is 19.5 Å². The summed E-state index contributed by atoms with van der Waals surface area (Å²) in [6.07, 6.45) is 1.75. The van der Waals surface area contributed by atoms with Crippen LogP contribution in [0.2, 0.25) is 0 Å². The number of amides is 2. The van der Waals surface area contributed by atoms with Crippen molar-refractivity contribution in [3.05, 3.63) is 46.9 Å². The van der Waals surface area contributed by atoms with Crippen molar-refractivity contribution >= 4 is 56.8 Å². The number of nitrogens with two attached hydrogens (primary N) is 1. The summed E-state index contributed by atoms with van der Waals surface area (Å²) in [5, 5.41) is 18.5. The number of carboxylic acid groups (broad SMARTS) is 1. The molecule has 2 aromatic heterocycles. The standard InChI is InChI=1S/C19H18N6O5S2/c1-9-5-3-4-6-24(9)17-14(18(28)29)25-11(8-31-17)13(16(25)27)22-15(26)12(23-30-2)10-7-32-19(20)21-10/h3-7,11,13H,8H2,1-2H3,(H3-,20,21,22,26,28,29)/p+1. The molecule has 2 aliphatic heterocycles. The summed E-state index contributed by atoms with van der Waals surface area (Å²) in [5.41, 5.74) is 6.44. The molecule has 32 heavy (non-hydrogen) atoms. The number of rotatable bonds is 6. The monoisotopic (exact) mass is 475 g/mol. The van der Waals surface area contributed by atoms with Crippen LogP contribution in [-0.2, 0) is 19.2 Å². The minimum Gasteiger partial charge on any atom is -0.476 e. The van der Waals surface area contributed by atoms with Crippen LogP contribution in [0.1, 0.15) is 11.4 Å². The smallest absolute Gasteiger partial charge is 0.360 e. The fraction of sp³-hybridized carbons (Fsp3) is 0.263. The molecule has 4 heterocycles. The number of nitrogen functional groups attached to an aromatic ring is 1. The SMILES string of the molecule is CON=C(C(=O)NC1C(=O)N2C(C(=O)O)=C([n+]3ccccc3C)SCC12)c1csc(N)n1. The second kappa shape index (κ2) is 8.59. The van der Waals surface area contributed by atoms with E-state index >= 15 is 0 Å². The summed E-state index contributed by atoms with van der Waals surface area (Å²) in [4.78, 5) is 47.8. The number of thioether (sulfide) groups is 1. The Hall–Kier alpha value is -3.45. The van der Waals surface area contributed by atoms with E-state index in [2.05, 4.69) is 15.5 Å². The summed E-state index contributed by atoms with van der Waals surface area (Å²) < 4.78 is 1.74. The van der Waals surface area contributed by atoms with Gasteiger partial charge in [0.25, 0.3) is 16.8 Å². The average Bonchev–Trinajstić information content (AvgIpc) is 3.20. The highest BCUT2D eigenvalue weighted by Gasteiger charge is 2.56. The first-order chi connectivity index (χ1) is 15.3. The van der Waals surface area contributed by atoms with Gasteiger partial charge in [-0.1, -0.05) is 23.0 Å². The first-order valence-electron chi connectivity index (χ1n) is 9.38. The van der Waals surface area contributed by atoms with E-state index in [1.54, 1.807) is 22.2 Å². The number of nitrogens with zero attached hydrogens (tertiary/aromatic N) is 4. The molecule has 1 saturated heterocycles. The van der Waals surface area contributed by atoms with Crippen molar-refractivity contribution in [1.82, 2.24) is 15.2 Å². The Labute approximate surface area is 190 Å². The summed E-state index contributed by atoms with van der Waals surface area (Å²) in [6.45, 7) is 1.85. The molecule has 2 amide bonds. The van der Waals surface area contributed by atoms with Crippen LogP contribution < -0.4 is 15.6 Å². The van der Waals surface area contributed by atoms with Crippen LogP contribution >= 0.6 is 23.1 Å². The first kappa shape index (κ1) is 21.8. The average molecular weight is 476 g/mol. The molecule has 1 fully saturated rings. The van der Waals surface area contributed by atoms with E-state index in [1.165, 1.54) is 23.8 Å². The Morgan fingerprint density at radius 3 is 2.84 bits per heavy atom. The molecule has 0 saturated carbocycles. The molecule has 13 heteroatoms. The Bertz CT molecular complexity index is 1180. The van der Waals surface area contributed by atoms with Crippen molar-refractivity contribution in [3.63, 3.8) is 0 Å². The van der Waals surface area contributed by atoms with E-state index in [4.69, 9.17) is 10.6 Å². The van der Waals surface area contributed by atoms with Crippen molar-refractivity contribution in [3.8, 4) is 0 Å². The highest BCUT2D eigenvalue weighted by atomic mass is 32.2. The van der Waals surface area contributed by atoms with Crippen LogP contribution in [0.15, 0.2) is 40.6 Å². The minimum atomic E-state index is -1.22. The van der Waals surface area contributed by atoms with Gasteiger partial charge in [-0.15, -0.1) is 11.3 Å². The van der Waals surface area contributed by atoms with Gasteiger partial charge in [0.05, 0.1) is 6.04 Å². The van der Waals surface area contributed by atoms with Crippen molar-refractivity contribution in [2.24, 2.45) is 5.16 Å². The van der Waals surface area contributed by atoms with E-state index < -0.39 is 29.9 Å². The molecule has 0 spiro atoms. The quantitative estimate of drug-likeness (QED) is 0.229. The highest BCUT2D eigenvalue weighted by molar-refractivity contribution is 8.07. The van der Waals surface area contributed by atoms with Gasteiger partial charge >= 0.3 is 5.97 Å². The molecule has 0 aliphatic carbocycles. The molecular formula is C19H19N6O5S2+. The number of carbonyl (C=O) groups excluding carboxylic acids is 2. The minimum absolute atomic E-state index is 0.112. The third kappa shape index (κ3) is 3.69. The number of oxime groups is 1. The predicted molar refractivity (Wildman–Crippen MR) is 117 cm³/mol. The third-order valence-electron chi connectivity index (χ3n) is 4.99. The van der Waals surface area contributed by atoms with Crippen molar-refractivity contribution in [1.29, 1.82) is 0 Å². The molecule has 2 atom stereocenters. The molecule has 2 aliphatic rings. The number of thiazole rings is 1. The van der Waals surface area contributed by atoms with Gasteiger partial charge in [-0.05, 0) is 0 Å². The number of aryl methyl sites for hydroxylation is 1. The lowest BCUT2D eigenvalue weighted by atomic mass is 9.94. The number of aliphatic carboxylic acids is 1. The third-order valence-corrected chi connectivity index (χ3v) is 6.83. The molecule has 11 nitrogen and oxygen atoms in total. The van der Waals surface area contributed by atoms with Crippen molar-refractivity contribution in [2.45, 2.75) is 19.0 Å². The zero-order valence-corrected chi connectivity index (χ0v) is 18.6. The molecule has 166 valence electrons. The highest BCUT2D eigenvalue weighted by Crippen LogP contribution is 2.39. The number of hydrogen-bond donors (Lipinski definition) is 3. The second-order valence-corrected chi connectivity index (χ2v) is 8.80. The van der Waals surface area contributed by atoms with Gasteiger partial charge in [-0.3, -0.25) is 14.5 Å². The lowest BCUT2D eigenvalue weighted by Crippen LogP contribution is -2.73. The molecule has 2 unspecified atom stereocenters. The molecule has 0 radical (unpaired) electrons. The van der Waals surface area contributed by atoms with Crippen LogP contribution in [-0.4, -0.2) is 63.4 Å². The van der Waals surface area contributed by atoms with Crippen LogP contribution in [0.25, 0.3) is 5.03 Å². The van der Waals surface area contributed by atoms with Crippen LogP contribution in [0.4, 0.5) is 5.13 Å². The topological polar surface area (TPSA) is 151 Å². The number of aromatic nitrogens is 2. The molecule has 4 N–H and O–H groups in total. The maximum Gasteiger partial charge on any atom is 0.360 e. The number of nitrogens with one attached hydrogen (secondary N) is 1. The summed E-state index contributed by atoms with van der Waals surface area (Å²) in [5.74, 6) is -1.99. The molecule has 0 aromatic carbocycles. The van der Waals surface area contributed by atoms with Gasteiger partial charge in [0, 0.05) is 30.2 Å². The zero-order valence-electron chi connectivity index (χ0n) is 17.0. The lowest BCUT2D eigenvalue weighted by molar-refractivity contribution is -0.581. The van der Waals surface area contributed by atoms with E-state index in [1.807, 2.05) is 19.1 Å². The van der Waals surface area contributed by atoms with Crippen molar-refractivity contribution < 1.29 is 28.9 Å². The Kier molecular flexibility index (Phi) is 5.84. The number of carbonyl (C=O) groups is 3. The van der Waals surface area contributed by atoms with Gasteiger partial charge in [0.15, 0.2) is 22.7 Å². The first-order valence-corrected chi connectivity index (χ1v) is 11.2. The fourth-order valence-electron chi connectivity index (χ4n) is 3.52. The number of carboxylic acids is 1. The lowest BCUT2D eigenvalue weighted by Gasteiger charge is -2.48. The molecule has 0 bridgehead atoms. The maximum absolute atomic E-state index is 12.9. The zero-order chi connectivity index (χ0) is 23.0. The number of pyridine rings is 1. The molecular weight excluding hydrogens is 456 g/mol. The van der Waals surface area contributed by atoms with Crippen LogP contribution in [0.5, 0.6) is 0 Å². The van der Waals surface area contributed by atoms with Gasteiger partial charge < -0.3 is 21.0 Å². The summed E-state index contributed by atoms with van der Waals surface area (Å²) >= 11 is 2.45. The Morgan fingerprint density at radius 2 is 2.22 bits per heavy atom. The van der Waals surface area contributed by atoms with Crippen LogP contribution in [0, 0.1) is 6.92 Å². The van der Waals surface area contributed by atoms with E-state index in [0.717, 1.165) is 17.0 Å². The maximum atomic E-state index is 12.9. The second-order valence-electron chi connectivity index (χ2n) is 6.90. The number of anilines is 1. The Morgan fingerprint density at radius 1 is 1.44 bits per heavy atom. The number of fused-ring (bicyclic) bond motifs is 1. The van der Waals surface area contributed by atoms with Crippen molar-refractivity contribution in [2.75, 3.05) is 18.6 Å². The summed E-state index contributed by atoms with van der Waals surface area (Å²) in [7, 11) is 1.28. The predicted octanol–water partition coefficient (Wildman–Crippen LogP) is 0.0250. The van der Waals surface area contributed by atoms with E-state index in [0.29, 0.717) is 10.8 Å². The van der Waals surface area contributed by atoms with Gasteiger partial charge in [0.1, 0.15) is 18.8 Å². The largest absolute Gasteiger partial charge is 0.476 e. The molecule has 4 rings (SSSR count). The molecule has 2 aromatic rings. The fourth-order valence-corrected chi connectivity index (χ4v) is 5.41. The Balaban J connectivity index is 1.59. The van der Waals surface area contributed by atoms with Crippen LogP contribution in [0.3, 0.4) is 0 Å². The van der Waals surface area contributed by atoms with Gasteiger partial charge in [0.2, 0.25) is 5.70 Å². The van der Waals surface area contributed by atoms with Gasteiger partial charge in [-0.2, -0.15) is 4.57 Å². The normalized spacial score (nSPS) is 20.5. The van der Waals surface area contributed by atoms with E-state index in [-0.39, 0.29) is 22.2 Å².